The van der Waals surface area contributed by atoms with Crippen molar-refractivity contribution in [2.75, 3.05) is 5.32 Å². The number of aryl methyl sites for hydroxylation is 2. The molecule has 186 valence electrons. The summed E-state index contributed by atoms with van der Waals surface area (Å²) in [7, 11) is 0. The van der Waals surface area contributed by atoms with Gasteiger partial charge in [0.05, 0.1) is 39.9 Å². The molecule has 4 rings (SSSR count). The van der Waals surface area contributed by atoms with E-state index in [1.54, 1.807) is 12.4 Å². The Morgan fingerprint density at radius 1 is 1.00 bits per heavy atom. The molecule has 0 radical (unpaired) electrons. The topological polar surface area (TPSA) is 107 Å². The molecule has 0 aliphatic carbocycles. The van der Waals surface area contributed by atoms with Crippen LogP contribution >= 0.6 is 11.5 Å². The number of hydrogen-bond donors (Lipinski definition) is 1. The highest BCUT2D eigenvalue weighted by molar-refractivity contribution is 7.06. The molecule has 0 saturated heterocycles. The Hall–Kier alpha value is -3.72. The Bertz CT molecular complexity index is 1380. The van der Waals surface area contributed by atoms with Crippen LogP contribution in [-0.2, 0) is 22.4 Å². The number of ether oxygens (including phenoxy) is 1. The minimum absolute atomic E-state index is 0.211. The van der Waals surface area contributed by atoms with E-state index in [9.17, 15) is 9.59 Å². The van der Waals surface area contributed by atoms with Gasteiger partial charge in [0.1, 0.15) is 5.60 Å². The van der Waals surface area contributed by atoms with Crippen molar-refractivity contribution in [2.45, 2.75) is 59.0 Å². The number of hydrogen-bond acceptors (Lipinski definition) is 8. The zero-order valence-corrected chi connectivity index (χ0v) is 21.7. The average molecular weight is 504 g/mol. The second-order valence-corrected chi connectivity index (χ2v) is 10.4. The molecule has 0 bridgehead atoms. The molecule has 0 unspecified atom stereocenters. The van der Waals surface area contributed by atoms with Crippen LogP contribution in [0, 0.1) is 6.92 Å². The van der Waals surface area contributed by atoms with E-state index in [-0.39, 0.29) is 11.9 Å². The standard InChI is InChI=1S/C27H29N5O3S/c1-17-25(23(36-32-17)14-20-16-29-21-9-5-6-10-22(21)30-20)26(34)31-19-13-12-18(28-15-19)8-7-11-24(33)35-27(2,3)4/h5-6,9-10,12-13,15-16H,7-8,11,14H2,1-4H3,(H,31,34). The van der Waals surface area contributed by atoms with Crippen LogP contribution in [0.15, 0.2) is 48.8 Å². The second kappa shape index (κ2) is 10.9. The van der Waals surface area contributed by atoms with E-state index in [0.29, 0.717) is 42.6 Å². The van der Waals surface area contributed by atoms with Crippen LogP contribution in [0.4, 0.5) is 5.69 Å². The number of nitrogens with one attached hydrogen (secondary N) is 1. The van der Waals surface area contributed by atoms with E-state index >= 15 is 0 Å². The van der Waals surface area contributed by atoms with Gasteiger partial charge in [-0.05, 0) is 76.3 Å². The monoisotopic (exact) mass is 503 g/mol. The first-order valence-corrected chi connectivity index (χ1v) is 12.6. The number of esters is 1. The Morgan fingerprint density at radius 3 is 2.50 bits per heavy atom. The van der Waals surface area contributed by atoms with Crippen molar-refractivity contribution in [3.8, 4) is 0 Å². The Labute approximate surface area is 214 Å². The highest BCUT2D eigenvalue weighted by Gasteiger charge is 2.20. The molecule has 0 saturated carbocycles. The van der Waals surface area contributed by atoms with Crippen LogP contribution in [0.25, 0.3) is 11.0 Å². The van der Waals surface area contributed by atoms with Gasteiger partial charge in [-0.2, -0.15) is 4.37 Å². The smallest absolute Gasteiger partial charge is 0.306 e. The van der Waals surface area contributed by atoms with Crippen molar-refractivity contribution in [2.24, 2.45) is 0 Å². The zero-order valence-electron chi connectivity index (χ0n) is 20.9. The third kappa shape index (κ3) is 6.69. The predicted octanol–water partition coefficient (Wildman–Crippen LogP) is 5.30. The van der Waals surface area contributed by atoms with Crippen LogP contribution < -0.4 is 5.32 Å². The van der Waals surface area contributed by atoms with Crippen LogP contribution in [0.5, 0.6) is 0 Å². The Morgan fingerprint density at radius 2 is 1.78 bits per heavy atom. The summed E-state index contributed by atoms with van der Waals surface area (Å²) < 4.78 is 9.73. The van der Waals surface area contributed by atoms with Crippen LogP contribution in [0.2, 0.25) is 0 Å². The lowest BCUT2D eigenvalue weighted by Crippen LogP contribution is -2.23. The van der Waals surface area contributed by atoms with Gasteiger partial charge in [-0.1, -0.05) is 12.1 Å². The van der Waals surface area contributed by atoms with Crippen molar-refractivity contribution in [1.29, 1.82) is 0 Å². The van der Waals surface area contributed by atoms with Crippen molar-refractivity contribution >= 4 is 40.1 Å². The van der Waals surface area contributed by atoms with E-state index in [1.165, 1.54) is 11.5 Å². The van der Waals surface area contributed by atoms with E-state index in [4.69, 9.17) is 4.74 Å². The van der Waals surface area contributed by atoms with Gasteiger partial charge in [0.2, 0.25) is 0 Å². The average Bonchev–Trinajstić information content (AvgIpc) is 3.19. The molecule has 4 aromatic rings. The SMILES string of the molecule is Cc1nsc(Cc2cnc3ccccc3n2)c1C(=O)Nc1ccc(CCCC(=O)OC(C)(C)C)nc1. The number of pyridine rings is 1. The maximum atomic E-state index is 13.1. The van der Waals surface area contributed by atoms with Crippen LogP contribution in [0.1, 0.15) is 65.9 Å². The minimum Gasteiger partial charge on any atom is -0.460 e. The molecule has 0 fully saturated rings. The molecule has 1 aromatic carbocycles. The first kappa shape index (κ1) is 25.4. The number of anilines is 1. The number of nitrogens with zero attached hydrogens (tertiary/aromatic N) is 4. The van der Waals surface area contributed by atoms with Gasteiger partial charge in [-0.3, -0.25) is 19.6 Å². The molecule has 36 heavy (non-hydrogen) atoms. The minimum atomic E-state index is -0.478. The van der Waals surface area contributed by atoms with Crippen LogP contribution in [-0.4, -0.2) is 36.8 Å². The third-order valence-electron chi connectivity index (χ3n) is 5.32. The Kier molecular flexibility index (Phi) is 7.69. The first-order chi connectivity index (χ1) is 17.2. The maximum Gasteiger partial charge on any atom is 0.306 e. The summed E-state index contributed by atoms with van der Waals surface area (Å²) in [6.45, 7) is 7.39. The summed E-state index contributed by atoms with van der Waals surface area (Å²) in [6, 6.07) is 11.4. The number of carbonyl (C=O) groups excluding carboxylic acids is 2. The van der Waals surface area contributed by atoms with Crippen molar-refractivity contribution < 1.29 is 14.3 Å². The lowest BCUT2D eigenvalue weighted by Gasteiger charge is -2.19. The fourth-order valence-electron chi connectivity index (χ4n) is 3.72. The normalized spacial score (nSPS) is 11.4. The second-order valence-electron chi connectivity index (χ2n) is 9.53. The van der Waals surface area contributed by atoms with Crippen molar-refractivity contribution in [3.63, 3.8) is 0 Å². The number of para-hydroxylation sites is 2. The largest absolute Gasteiger partial charge is 0.460 e. The lowest BCUT2D eigenvalue weighted by atomic mass is 10.1. The summed E-state index contributed by atoms with van der Waals surface area (Å²) in [5, 5.41) is 2.92. The number of benzene rings is 1. The van der Waals surface area contributed by atoms with E-state index < -0.39 is 5.60 Å². The number of carbonyl (C=O) groups is 2. The van der Waals surface area contributed by atoms with Gasteiger partial charge < -0.3 is 10.1 Å². The summed E-state index contributed by atoms with van der Waals surface area (Å²) >= 11 is 1.30. The van der Waals surface area contributed by atoms with Crippen LogP contribution in [0.3, 0.4) is 0 Å². The molecule has 3 heterocycles. The molecule has 1 amide bonds. The zero-order chi connectivity index (χ0) is 25.7. The summed E-state index contributed by atoms with van der Waals surface area (Å²) in [5.41, 5.74) is 4.63. The summed E-state index contributed by atoms with van der Waals surface area (Å²) in [4.78, 5) is 39.4. The van der Waals surface area contributed by atoms with Gasteiger partial charge in [0, 0.05) is 29.6 Å². The Balaban J connectivity index is 1.37. The highest BCUT2D eigenvalue weighted by atomic mass is 32.1. The van der Waals surface area contributed by atoms with E-state index in [2.05, 4.69) is 24.6 Å². The molecule has 0 atom stereocenters. The summed E-state index contributed by atoms with van der Waals surface area (Å²) in [5.74, 6) is -0.443. The molecule has 3 aromatic heterocycles. The van der Waals surface area contributed by atoms with Crippen molar-refractivity contribution in [3.05, 3.63) is 76.3 Å². The first-order valence-electron chi connectivity index (χ1n) is 11.8. The maximum absolute atomic E-state index is 13.1. The van der Waals surface area contributed by atoms with E-state index in [1.807, 2.05) is 64.1 Å². The number of amides is 1. The van der Waals surface area contributed by atoms with Gasteiger partial charge in [0.25, 0.3) is 5.91 Å². The molecule has 8 nitrogen and oxygen atoms in total. The number of fused-ring (bicyclic) bond motifs is 1. The molecular weight excluding hydrogens is 474 g/mol. The molecule has 0 aliphatic rings. The molecular formula is C27H29N5O3S. The summed E-state index contributed by atoms with van der Waals surface area (Å²) in [6.07, 6.45) is 5.48. The molecule has 1 N–H and O–H groups in total. The third-order valence-corrected chi connectivity index (χ3v) is 6.25. The predicted molar refractivity (Wildman–Crippen MR) is 140 cm³/mol. The quantitative estimate of drug-likeness (QED) is 0.325. The van der Waals surface area contributed by atoms with Gasteiger partial charge in [0.15, 0.2) is 0 Å². The molecule has 0 spiro atoms. The lowest BCUT2D eigenvalue weighted by molar-refractivity contribution is -0.154. The van der Waals surface area contributed by atoms with Gasteiger partial charge >= 0.3 is 5.97 Å². The van der Waals surface area contributed by atoms with Crippen molar-refractivity contribution in [1.82, 2.24) is 19.3 Å². The van der Waals surface area contributed by atoms with E-state index in [0.717, 1.165) is 27.3 Å². The fourth-order valence-corrected chi connectivity index (χ4v) is 4.60. The number of rotatable bonds is 8. The molecule has 0 aliphatic heterocycles. The van der Waals surface area contributed by atoms with Gasteiger partial charge in [-0.25, -0.2) is 4.98 Å². The highest BCUT2D eigenvalue weighted by Crippen LogP contribution is 2.23. The fraction of sp³-hybridized carbons (Fsp3) is 0.333. The van der Waals surface area contributed by atoms with Gasteiger partial charge in [-0.15, -0.1) is 0 Å². The molecule has 9 heteroatoms. The number of aromatic nitrogens is 4.